The van der Waals surface area contributed by atoms with Crippen LogP contribution in [0.1, 0.15) is 35.6 Å². The topological polar surface area (TPSA) is 93.4 Å². The van der Waals surface area contributed by atoms with Crippen LogP contribution in [0.4, 0.5) is 11.6 Å². The van der Waals surface area contributed by atoms with E-state index in [-0.39, 0.29) is 0 Å². The van der Waals surface area contributed by atoms with E-state index in [1.165, 1.54) is 24.7 Å². The van der Waals surface area contributed by atoms with Crippen molar-refractivity contribution in [2.75, 3.05) is 10.6 Å². The lowest BCUT2D eigenvalue weighted by molar-refractivity contribution is -0.105. The van der Waals surface area contributed by atoms with Crippen LogP contribution in [0.2, 0.25) is 0 Å². The van der Waals surface area contributed by atoms with Crippen molar-refractivity contribution in [1.82, 2.24) is 19.4 Å². The van der Waals surface area contributed by atoms with E-state index in [9.17, 15) is 4.79 Å². The standard InChI is InChI=1S/C23H22N6O2/c30-15-27-22-9-21(25-14-26-22)24-10-19-12-29-11-18(17-6-7-17)8-20(23(29)28-19)31-13-16-4-2-1-3-5-16/h1-5,8-9,11-12,14-15,17H,6-7,10,13H2,(H2,24,25,26,27,30). The number of rotatable bonds is 9. The Balaban J connectivity index is 1.37. The van der Waals surface area contributed by atoms with Gasteiger partial charge in [-0.2, -0.15) is 0 Å². The molecule has 0 aliphatic heterocycles. The van der Waals surface area contributed by atoms with Gasteiger partial charge in [-0.15, -0.1) is 0 Å². The number of carbonyl (C=O) groups excluding carboxylic acids is 1. The molecule has 31 heavy (non-hydrogen) atoms. The maximum absolute atomic E-state index is 10.6. The monoisotopic (exact) mass is 414 g/mol. The molecular weight excluding hydrogens is 392 g/mol. The Labute approximate surface area is 179 Å². The third kappa shape index (κ3) is 4.48. The third-order valence-corrected chi connectivity index (χ3v) is 5.20. The van der Waals surface area contributed by atoms with E-state index in [1.807, 2.05) is 28.8 Å². The minimum Gasteiger partial charge on any atom is -0.485 e. The molecule has 0 unspecified atom stereocenters. The SMILES string of the molecule is O=CNc1cc(NCc2cn3cc(C4CC4)cc(OCc4ccccc4)c3n2)ncn1. The van der Waals surface area contributed by atoms with Crippen molar-refractivity contribution in [3.05, 3.63) is 78.0 Å². The highest BCUT2D eigenvalue weighted by Gasteiger charge is 2.25. The molecule has 1 saturated carbocycles. The fourth-order valence-corrected chi connectivity index (χ4v) is 3.48. The van der Waals surface area contributed by atoms with Crippen molar-refractivity contribution in [1.29, 1.82) is 0 Å². The van der Waals surface area contributed by atoms with Gasteiger partial charge in [-0.3, -0.25) is 4.79 Å². The lowest BCUT2D eigenvalue weighted by atomic mass is 10.2. The summed E-state index contributed by atoms with van der Waals surface area (Å²) in [5.74, 6) is 2.44. The molecule has 8 heteroatoms. The van der Waals surface area contributed by atoms with Crippen molar-refractivity contribution in [3.63, 3.8) is 0 Å². The number of imidazole rings is 1. The molecule has 0 spiro atoms. The van der Waals surface area contributed by atoms with Crippen LogP contribution in [0, 0.1) is 0 Å². The van der Waals surface area contributed by atoms with E-state index in [0.717, 1.165) is 22.7 Å². The minimum atomic E-state index is 0.438. The van der Waals surface area contributed by atoms with Gasteiger partial charge in [0.25, 0.3) is 0 Å². The first kappa shape index (κ1) is 19.0. The second-order valence-electron chi connectivity index (χ2n) is 7.55. The molecule has 5 rings (SSSR count). The Morgan fingerprint density at radius 1 is 1.10 bits per heavy atom. The van der Waals surface area contributed by atoms with Crippen molar-refractivity contribution in [3.8, 4) is 5.75 Å². The van der Waals surface area contributed by atoms with Crippen LogP contribution < -0.4 is 15.4 Å². The average molecular weight is 414 g/mol. The second kappa shape index (κ2) is 8.43. The number of nitrogens with zero attached hydrogens (tertiary/aromatic N) is 4. The van der Waals surface area contributed by atoms with Gasteiger partial charge in [0.2, 0.25) is 6.41 Å². The van der Waals surface area contributed by atoms with Crippen molar-refractivity contribution in [2.45, 2.75) is 31.9 Å². The number of hydrogen-bond donors (Lipinski definition) is 2. The van der Waals surface area contributed by atoms with Crippen molar-refractivity contribution < 1.29 is 9.53 Å². The van der Waals surface area contributed by atoms with Crippen molar-refractivity contribution >= 4 is 23.7 Å². The zero-order valence-corrected chi connectivity index (χ0v) is 16.9. The molecule has 0 saturated heterocycles. The number of ether oxygens (including phenoxy) is 1. The zero-order valence-electron chi connectivity index (χ0n) is 16.9. The predicted molar refractivity (Wildman–Crippen MR) is 117 cm³/mol. The Bertz CT molecular complexity index is 1200. The summed E-state index contributed by atoms with van der Waals surface area (Å²) < 4.78 is 8.22. The quantitative estimate of drug-likeness (QED) is 0.405. The first-order valence-electron chi connectivity index (χ1n) is 10.2. The van der Waals surface area contributed by atoms with Gasteiger partial charge in [0.15, 0.2) is 11.4 Å². The highest BCUT2D eigenvalue weighted by molar-refractivity contribution is 5.69. The van der Waals surface area contributed by atoms with Crippen LogP contribution in [0.15, 0.2) is 61.2 Å². The molecular formula is C23H22N6O2. The highest BCUT2D eigenvalue weighted by atomic mass is 16.5. The van der Waals surface area contributed by atoms with Gasteiger partial charge in [-0.1, -0.05) is 30.3 Å². The van der Waals surface area contributed by atoms with Gasteiger partial charge in [0, 0.05) is 18.5 Å². The largest absolute Gasteiger partial charge is 0.485 e. The molecule has 1 aliphatic carbocycles. The Hall–Kier alpha value is -3.94. The highest BCUT2D eigenvalue weighted by Crippen LogP contribution is 2.41. The fraction of sp³-hybridized carbons (Fsp3) is 0.217. The number of carbonyl (C=O) groups is 1. The smallest absolute Gasteiger partial charge is 0.212 e. The summed E-state index contributed by atoms with van der Waals surface area (Å²) in [5, 5.41) is 5.74. The molecule has 2 N–H and O–H groups in total. The van der Waals surface area contributed by atoms with Gasteiger partial charge in [0.05, 0.1) is 12.2 Å². The molecule has 3 aromatic heterocycles. The van der Waals surface area contributed by atoms with Crippen LogP contribution in [-0.2, 0) is 17.9 Å². The first-order valence-corrected chi connectivity index (χ1v) is 10.2. The fourth-order valence-electron chi connectivity index (χ4n) is 3.48. The molecule has 3 heterocycles. The number of anilines is 2. The third-order valence-electron chi connectivity index (χ3n) is 5.20. The predicted octanol–water partition coefficient (Wildman–Crippen LogP) is 3.76. The van der Waals surface area contributed by atoms with E-state index in [1.54, 1.807) is 6.07 Å². The summed E-state index contributed by atoms with van der Waals surface area (Å²) >= 11 is 0. The van der Waals surface area contributed by atoms with Crippen LogP contribution in [-0.4, -0.2) is 25.8 Å². The Kier molecular flexibility index (Phi) is 5.18. The lowest BCUT2D eigenvalue weighted by Gasteiger charge is -2.10. The van der Waals surface area contributed by atoms with E-state index in [4.69, 9.17) is 9.72 Å². The summed E-state index contributed by atoms with van der Waals surface area (Å²) in [6.07, 6.45) is 8.58. The van der Waals surface area contributed by atoms with Crippen LogP contribution in [0.5, 0.6) is 5.75 Å². The molecule has 1 aliphatic rings. The zero-order chi connectivity index (χ0) is 21.0. The number of benzene rings is 1. The van der Waals surface area contributed by atoms with Crippen LogP contribution in [0.3, 0.4) is 0 Å². The van der Waals surface area contributed by atoms with Crippen LogP contribution in [0.25, 0.3) is 5.65 Å². The van der Waals surface area contributed by atoms with Gasteiger partial charge >= 0.3 is 0 Å². The van der Waals surface area contributed by atoms with Gasteiger partial charge in [-0.05, 0) is 36.0 Å². The van der Waals surface area contributed by atoms with Crippen LogP contribution >= 0.6 is 0 Å². The Morgan fingerprint density at radius 2 is 1.94 bits per heavy atom. The normalized spacial score (nSPS) is 13.2. The molecule has 8 nitrogen and oxygen atoms in total. The maximum atomic E-state index is 10.6. The molecule has 0 bridgehead atoms. The number of fused-ring (bicyclic) bond motifs is 1. The molecule has 1 fully saturated rings. The number of nitrogens with one attached hydrogen (secondary N) is 2. The summed E-state index contributed by atoms with van der Waals surface area (Å²) in [6, 6.07) is 13.9. The molecule has 0 atom stereocenters. The number of aromatic nitrogens is 4. The molecule has 4 aromatic rings. The summed E-state index contributed by atoms with van der Waals surface area (Å²) in [6.45, 7) is 0.981. The number of amides is 1. The Morgan fingerprint density at radius 3 is 2.74 bits per heavy atom. The van der Waals surface area contributed by atoms with E-state index < -0.39 is 0 Å². The summed E-state index contributed by atoms with van der Waals surface area (Å²) in [4.78, 5) is 23.5. The first-order chi connectivity index (χ1) is 15.3. The van der Waals surface area contributed by atoms with Crippen molar-refractivity contribution in [2.24, 2.45) is 0 Å². The summed E-state index contributed by atoms with van der Waals surface area (Å²) in [5.41, 5.74) is 4.06. The number of hydrogen-bond acceptors (Lipinski definition) is 6. The van der Waals surface area contributed by atoms with E-state index in [2.05, 4.69) is 45.0 Å². The molecule has 1 aromatic carbocycles. The lowest BCUT2D eigenvalue weighted by Crippen LogP contribution is -2.04. The number of pyridine rings is 1. The maximum Gasteiger partial charge on any atom is 0.212 e. The molecule has 1 amide bonds. The van der Waals surface area contributed by atoms with Gasteiger partial charge < -0.3 is 19.8 Å². The van der Waals surface area contributed by atoms with Gasteiger partial charge in [0.1, 0.15) is 24.6 Å². The van der Waals surface area contributed by atoms with Gasteiger partial charge in [-0.25, -0.2) is 15.0 Å². The molecule has 156 valence electrons. The second-order valence-corrected chi connectivity index (χ2v) is 7.55. The minimum absolute atomic E-state index is 0.438. The molecule has 0 radical (unpaired) electrons. The van der Waals surface area contributed by atoms with E-state index >= 15 is 0 Å². The summed E-state index contributed by atoms with van der Waals surface area (Å²) in [7, 11) is 0. The van der Waals surface area contributed by atoms with E-state index in [0.29, 0.717) is 37.1 Å². The average Bonchev–Trinajstić information content (AvgIpc) is 3.57.